The number of anilines is 1. The van der Waals surface area contributed by atoms with Gasteiger partial charge < -0.3 is 16.2 Å². The van der Waals surface area contributed by atoms with Crippen LogP contribution in [0.1, 0.15) is 37.9 Å². The van der Waals surface area contributed by atoms with Crippen molar-refractivity contribution in [3.63, 3.8) is 0 Å². The fourth-order valence-corrected chi connectivity index (χ4v) is 3.14. The smallest absolute Gasteiger partial charge is 0.326 e. The molecule has 0 aliphatic heterocycles. The van der Waals surface area contributed by atoms with E-state index in [-0.39, 0.29) is 0 Å². The van der Waals surface area contributed by atoms with E-state index in [0.717, 1.165) is 17.6 Å². The van der Waals surface area contributed by atoms with Gasteiger partial charge in [-0.2, -0.15) is 0 Å². The van der Waals surface area contributed by atoms with Crippen molar-refractivity contribution < 1.29 is 9.90 Å². The van der Waals surface area contributed by atoms with Crippen LogP contribution in [0.4, 0.5) is 5.13 Å². The molecule has 1 fully saturated rings. The summed E-state index contributed by atoms with van der Waals surface area (Å²) in [5.41, 5.74) is 5.93. The lowest BCUT2D eigenvalue weighted by Crippen LogP contribution is -2.21. The zero-order valence-corrected chi connectivity index (χ0v) is 11.2. The van der Waals surface area contributed by atoms with Gasteiger partial charge in [0.1, 0.15) is 6.04 Å². The highest BCUT2D eigenvalue weighted by Crippen LogP contribution is 2.30. The van der Waals surface area contributed by atoms with E-state index in [0.29, 0.717) is 11.6 Å². The quantitative estimate of drug-likeness (QED) is 0.761. The van der Waals surface area contributed by atoms with Gasteiger partial charge in [-0.05, 0) is 24.7 Å². The first-order valence-electron chi connectivity index (χ1n) is 6.24. The van der Waals surface area contributed by atoms with Crippen LogP contribution in [0.3, 0.4) is 0 Å². The van der Waals surface area contributed by atoms with Crippen molar-refractivity contribution in [2.45, 2.75) is 32.2 Å². The number of carboxylic acids is 1. The maximum atomic E-state index is 10.7. The highest BCUT2D eigenvalue weighted by Gasteiger charge is 2.22. The number of aromatic nitrogens is 1. The minimum absolute atomic E-state index is 0.426. The van der Waals surface area contributed by atoms with Crippen molar-refractivity contribution in [3.8, 4) is 0 Å². The molecular formula is C12H19N3O2S. The lowest BCUT2D eigenvalue weighted by molar-refractivity contribution is -0.138. The molecule has 1 aliphatic carbocycles. The summed E-state index contributed by atoms with van der Waals surface area (Å²) < 4.78 is 0. The second kappa shape index (κ2) is 5.67. The first-order chi connectivity index (χ1) is 8.56. The number of hydrogen-bond donors (Lipinski definition) is 3. The van der Waals surface area contributed by atoms with Gasteiger partial charge in [0, 0.05) is 11.9 Å². The fraction of sp³-hybridized carbons (Fsp3) is 0.667. The van der Waals surface area contributed by atoms with Gasteiger partial charge in [-0.15, -0.1) is 11.3 Å². The van der Waals surface area contributed by atoms with Gasteiger partial charge in [0.25, 0.3) is 0 Å². The fourth-order valence-electron chi connectivity index (χ4n) is 2.38. The minimum atomic E-state index is -1.04. The van der Waals surface area contributed by atoms with Crippen LogP contribution in [0.25, 0.3) is 0 Å². The largest absolute Gasteiger partial charge is 0.480 e. The highest BCUT2D eigenvalue weighted by atomic mass is 32.1. The topological polar surface area (TPSA) is 88.2 Å². The highest BCUT2D eigenvalue weighted by molar-refractivity contribution is 7.13. The molecule has 1 aromatic rings. The van der Waals surface area contributed by atoms with E-state index in [1.54, 1.807) is 5.38 Å². The van der Waals surface area contributed by atoms with E-state index < -0.39 is 12.0 Å². The van der Waals surface area contributed by atoms with Crippen LogP contribution < -0.4 is 11.1 Å². The Bertz CT molecular complexity index is 421. The molecule has 3 atom stereocenters. The maximum Gasteiger partial charge on any atom is 0.326 e. The molecule has 0 radical (unpaired) electrons. The normalized spacial score (nSPS) is 25.0. The Labute approximate surface area is 110 Å². The zero-order chi connectivity index (χ0) is 13.1. The molecule has 18 heavy (non-hydrogen) atoms. The molecule has 2 rings (SSSR count). The molecule has 0 amide bonds. The van der Waals surface area contributed by atoms with Gasteiger partial charge >= 0.3 is 5.97 Å². The number of carbonyl (C=O) groups is 1. The average molecular weight is 269 g/mol. The zero-order valence-electron chi connectivity index (χ0n) is 10.4. The van der Waals surface area contributed by atoms with Gasteiger partial charge in [0.05, 0.1) is 5.69 Å². The van der Waals surface area contributed by atoms with Gasteiger partial charge in [0.2, 0.25) is 0 Å². The van der Waals surface area contributed by atoms with Crippen LogP contribution in [0, 0.1) is 11.8 Å². The first kappa shape index (κ1) is 13.3. The number of aliphatic carboxylic acids is 1. The summed E-state index contributed by atoms with van der Waals surface area (Å²) >= 11 is 1.41. The Hall–Kier alpha value is -1.14. The van der Waals surface area contributed by atoms with Crippen molar-refractivity contribution in [2.75, 3.05) is 11.9 Å². The van der Waals surface area contributed by atoms with Gasteiger partial charge in [-0.25, -0.2) is 4.98 Å². The molecule has 1 heterocycles. The molecular weight excluding hydrogens is 250 g/mol. The molecule has 100 valence electrons. The van der Waals surface area contributed by atoms with E-state index in [2.05, 4.69) is 17.2 Å². The monoisotopic (exact) mass is 269 g/mol. The molecule has 4 N–H and O–H groups in total. The average Bonchev–Trinajstić information content (AvgIpc) is 2.94. The molecule has 1 aromatic heterocycles. The second-order valence-electron chi connectivity index (χ2n) is 5.06. The molecule has 1 saturated carbocycles. The van der Waals surface area contributed by atoms with Crippen LogP contribution in [0.15, 0.2) is 5.38 Å². The summed E-state index contributed by atoms with van der Waals surface area (Å²) in [5.74, 6) is 0.487. The summed E-state index contributed by atoms with van der Waals surface area (Å²) in [6.07, 6.45) is 3.83. The Morgan fingerprint density at radius 2 is 2.50 bits per heavy atom. The predicted octanol–water partition coefficient (Wildman–Crippen LogP) is 2.08. The Kier molecular flexibility index (Phi) is 4.19. The van der Waals surface area contributed by atoms with E-state index in [1.807, 2.05) is 0 Å². The second-order valence-corrected chi connectivity index (χ2v) is 5.92. The number of nitrogens with one attached hydrogen (secondary N) is 1. The van der Waals surface area contributed by atoms with E-state index in [1.165, 1.54) is 30.6 Å². The first-order valence-corrected chi connectivity index (χ1v) is 7.12. The minimum Gasteiger partial charge on any atom is -0.480 e. The molecule has 1 aliphatic rings. The summed E-state index contributed by atoms with van der Waals surface area (Å²) in [5, 5.41) is 14.5. The number of hydrogen-bond acceptors (Lipinski definition) is 5. The van der Waals surface area contributed by atoms with Crippen molar-refractivity contribution in [1.29, 1.82) is 0 Å². The lowest BCUT2D eigenvalue weighted by Gasteiger charge is -2.09. The van der Waals surface area contributed by atoms with Gasteiger partial charge in [0.15, 0.2) is 5.13 Å². The molecule has 5 nitrogen and oxygen atoms in total. The SMILES string of the molecule is CC1CCC(CNc2nc(C(N)C(=O)O)cs2)C1. The van der Waals surface area contributed by atoms with Crippen LogP contribution in [-0.2, 0) is 4.79 Å². The predicted molar refractivity (Wildman–Crippen MR) is 71.7 cm³/mol. The summed E-state index contributed by atoms with van der Waals surface area (Å²) in [6, 6.07) is -1.02. The van der Waals surface area contributed by atoms with Crippen molar-refractivity contribution >= 4 is 22.4 Å². The van der Waals surface area contributed by atoms with Crippen LogP contribution in [0.5, 0.6) is 0 Å². The summed E-state index contributed by atoms with van der Waals surface area (Å²) in [4.78, 5) is 14.9. The van der Waals surface area contributed by atoms with E-state index in [9.17, 15) is 4.79 Å². The number of thiazole rings is 1. The van der Waals surface area contributed by atoms with Crippen molar-refractivity contribution in [3.05, 3.63) is 11.1 Å². The van der Waals surface area contributed by atoms with Crippen molar-refractivity contribution in [2.24, 2.45) is 17.6 Å². The van der Waals surface area contributed by atoms with Crippen LogP contribution in [0.2, 0.25) is 0 Å². The van der Waals surface area contributed by atoms with Gasteiger partial charge in [-0.1, -0.05) is 13.3 Å². The van der Waals surface area contributed by atoms with Crippen LogP contribution in [-0.4, -0.2) is 22.6 Å². The molecule has 6 heteroatoms. The Morgan fingerprint density at radius 1 is 1.72 bits per heavy atom. The Balaban J connectivity index is 1.85. The molecule has 3 unspecified atom stereocenters. The van der Waals surface area contributed by atoms with E-state index >= 15 is 0 Å². The molecule has 0 aromatic carbocycles. The molecule has 0 saturated heterocycles. The summed E-state index contributed by atoms with van der Waals surface area (Å²) in [7, 11) is 0. The number of carboxylic acid groups (broad SMARTS) is 1. The maximum absolute atomic E-state index is 10.7. The molecule has 0 bridgehead atoms. The van der Waals surface area contributed by atoms with Crippen molar-refractivity contribution in [1.82, 2.24) is 4.98 Å². The summed E-state index contributed by atoms with van der Waals surface area (Å²) in [6.45, 7) is 3.20. The Morgan fingerprint density at radius 3 is 3.11 bits per heavy atom. The molecule has 0 spiro atoms. The third-order valence-corrected chi connectivity index (χ3v) is 4.27. The standard InChI is InChI=1S/C12H19N3O2S/c1-7-2-3-8(4-7)5-14-12-15-9(6-18-12)10(13)11(16)17/h6-8,10H,2-5,13H2,1H3,(H,14,15)(H,16,17). The van der Waals surface area contributed by atoms with Crippen LogP contribution >= 0.6 is 11.3 Å². The number of nitrogens with zero attached hydrogens (tertiary/aromatic N) is 1. The van der Waals surface area contributed by atoms with E-state index in [4.69, 9.17) is 10.8 Å². The third-order valence-electron chi connectivity index (χ3n) is 3.45. The number of rotatable bonds is 5. The lowest BCUT2D eigenvalue weighted by atomic mass is 10.1. The van der Waals surface area contributed by atoms with Gasteiger partial charge in [-0.3, -0.25) is 4.79 Å². The third kappa shape index (κ3) is 3.20. The number of nitrogens with two attached hydrogens (primary N) is 1.